The standard InChI is InChI=1S/C84H75BO12/c1-4-7-55-70-73(58-76(86-61-37-19-10-20-38-61)82(92-67-49-31-16-32-50-67)79(70)89-64-43-25-13-26-44-64)95-85(96-74-59-77(87-62-39-21-11-22-40-62)83(93-68-51-33-17-34-52-68)80(71(74)56-8-5-2)90-65-45-27-14-28-46-65)97-75-60-78(88-63-41-23-12-24-42-63)84(94-69-53-35-18-36-54-69)81(72(75)57-9-6-3)91-66-47-29-15-30-48-66/h10-54,58-60H,4-9,55-57H2,1-3H3. The third-order valence-corrected chi connectivity index (χ3v) is 15.5. The van der Waals surface area contributed by atoms with Crippen molar-refractivity contribution in [2.24, 2.45) is 0 Å². The maximum absolute atomic E-state index is 7.63. The predicted molar refractivity (Wildman–Crippen MR) is 381 cm³/mol. The molecular formula is C84H75BO12. The zero-order valence-electron chi connectivity index (χ0n) is 54.6. The molecule has 12 rings (SSSR count). The first kappa shape index (κ1) is 65.4. The molecule has 0 unspecified atom stereocenters. The third-order valence-electron chi connectivity index (χ3n) is 15.5. The molecule has 0 aliphatic rings. The summed E-state index contributed by atoms with van der Waals surface area (Å²) in [5.41, 5.74) is 1.94. The number of benzene rings is 12. The quantitative estimate of drug-likeness (QED) is 0.0365. The van der Waals surface area contributed by atoms with Gasteiger partial charge in [-0.2, -0.15) is 0 Å². The van der Waals surface area contributed by atoms with Gasteiger partial charge < -0.3 is 56.6 Å². The summed E-state index contributed by atoms with van der Waals surface area (Å²) >= 11 is 0. The van der Waals surface area contributed by atoms with Gasteiger partial charge in [0.25, 0.3) is 0 Å². The lowest BCUT2D eigenvalue weighted by Crippen LogP contribution is -2.38. The van der Waals surface area contributed by atoms with Gasteiger partial charge in [-0.1, -0.05) is 204 Å². The van der Waals surface area contributed by atoms with Gasteiger partial charge in [0.1, 0.15) is 69.0 Å². The molecule has 0 N–H and O–H groups in total. The molecule has 0 saturated carbocycles. The van der Waals surface area contributed by atoms with Gasteiger partial charge in [0.2, 0.25) is 17.2 Å². The summed E-state index contributed by atoms with van der Waals surface area (Å²) in [7, 11) is -1.69. The topological polar surface area (TPSA) is 111 Å². The molecule has 12 aromatic carbocycles. The van der Waals surface area contributed by atoms with Crippen molar-refractivity contribution in [2.45, 2.75) is 78.6 Å². The molecule has 0 amide bonds. The smallest absolute Gasteiger partial charge is 0.489 e. The molecule has 0 fully saturated rings. The van der Waals surface area contributed by atoms with Gasteiger partial charge in [-0.05, 0) is 148 Å². The van der Waals surface area contributed by atoms with Crippen LogP contribution in [0.3, 0.4) is 0 Å². The third kappa shape index (κ3) is 17.6. The van der Waals surface area contributed by atoms with E-state index in [1.165, 1.54) is 0 Å². The largest absolute Gasteiger partial charge is 0.864 e. The Hall–Kier alpha value is -11.7. The molecule has 12 nitrogen and oxygen atoms in total. The first-order valence-corrected chi connectivity index (χ1v) is 33.1. The van der Waals surface area contributed by atoms with Gasteiger partial charge in [-0.25, -0.2) is 0 Å². The zero-order chi connectivity index (χ0) is 66.2. The minimum Gasteiger partial charge on any atom is -0.489 e. The summed E-state index contributed by atoms with van der Waals surface area (Å²) in [6.07, 6.45) is 5.95. The van der Waals surface area contributed by atoms with Crippen LogP contribution in [0, 0.1) is 0 Å². The second-order valence-electron chi connectivity index (χ2n) is 22.7. The second-order valence-corrected chi connectivity index (χ2v) is 22.7. The number of hydrogen-bond acceptors (Lipinski definition) is 12. The Morgan fingerprint density at radius 2 is 0.381 bits per heavy atom. The Labute approximate surface area is 568 Å². The molecule has 0 aromatic heterocycles. The van der Waals surface area contributed by atoms with Gasteiger partial charge in [0.15, 0.2) is 34.5 Å². The number of rotatable bonds is 33. The minimum absolute atomic E-state index is 0.279. The summed E-state index contributed by atoms with van der Waals surface area (Å²) in [5.74, 6) is 8.70. The molecule has 0 radical (unpaired) electrons. The van der Waals surface area contributed by atoms with Crippen LogP contribution in [0.25, 0.3) is 0 Å². The van der Waals surface area contributed by atoms with Crippen LogP contribution in [-0.2, 0) is 19.3 Å². The Balaban J connectivity index is 1.14. The Morgan fingerprint density at radius 3 is 0.567 bits per heavy atom. The van der Waals surface area contributed by atoms with Crippen molar-refractivity contribution in [2.75, 3.05) is 0 Å². The van der Waals surface area contributed by atoms with E-state index < -0.39 is 7.32 Å². The Kier molecular flexibility index (Phi) is 22.5. The van der Waals surface area contributed by atoms with E-state index in [0.717, 1.165) is 19.3 Å². The Morgan fingerprint density at radius 1 is 0.206 bits per heavy atom. The summed E-state index contributed by atoms with van der Waals surface area (Å²) in [6, 6.07) is 91.5. The van der Waals surface area contributed by atoms with E-state index in [4.69, 9.17) is 56.6 Å². The van der Waals surface area contributed by atoms with Crippen molar-refractivity contribution in [1.29, 1.82) is 0 Å². The van der Waals surface area contributed by atoms with Gasteiger partial charge in [-0.15, -0.1) is 0 Å². The fourth-order valence-corrected chi connectivity index (χ4v) is 10.7. The number of hydrogen-bond donors (Lipinski definition) is 0. The van der Waals surface area contributed by atoms with Crippen LogP contribution in [0.15, 0.2) is 291 Å². The highest BCUT2D eigenvalue weighted by Crippen LogP contribution is 2.55. The normalized spacial score (nSPS) is 10.8. The molecule has 12 aromatic rings. The van der Waals surface area contributed by atoms with Crippen LogP contribution in [0.4, 0.5) is 0 Å². The molecule has 0 aliphatic carbocycles. The molecule has 0 heterocycles. The predicted octanol–water partition coefficient (Wildman–Crippen LogP) is 24.4. The fourth-order valence-electron chi connectivity index (χ4n) is 10.7. The van der Waals surface area contributed by atoms with E-state index in [-0.39, 0.29) is 17.2 Å². The molecule has 0 spiro atoms. The summed E-state index contributed by atoms with van der Waals surface area (Å²) in [5, 5.41) is 0. The Bertz CT molecular complexity index is 3940. The first-order valence-electron chi connectivity index (χ1n) is 33.1. The van der Waals surface area contributed by atoms with Gasteiger partial charge in [-0.3, -0.25) is 0 Å². The second kappa shape index (κ2) is 33.4. The van der Waals surface area contributed by atoms with Crippen molar-refractivity contribution >= 4 is 7.32 Å². The van der Waals surface area contributed by atoms with E-state index in [9.17, 15) is 0 Å². The number of ether oxygens (including phenoxy) is 9. The first-order chi connectivity index (χ1) is 47.9. The van der Waals surface area contributed by atoms with E-state index in [1.54, 1.807) is 0 Å². The van der Waals surface area contributed by atoms with Crippen LogP contribution >= 0.6 is 0 Å². The summed E-state index contributed by atoms with van der Waals surface area (Å²) in [6.45, 7) is 6.42. The lowest BCUT2D eigenvalue weighted by atomic mass is 10.0. The van der Waals surface area contributed by atoms with Crippen LogP contribution in [0.1, 0.15) is 76.0 Å². The van der Waals surface area contributed by atoms with Gasteiger partial charge in [0.05, 0.1) is 0 Å². The lowest BCUT2D eigenvalue weighted by Gasteiger charge is -2.27. The average Bonchev–Trinajstić information content (AvgIpc) is 0.793. The fraction of sp³-hybridized carbons (Fsp3) is 0.143. The monoisotopic (exact) mass is 1290 g/mol. The van der Waals surface area contributed by atoms with Gasteiger partial charge >= 0.3 is 7.32 Å². The summed E-state index contributed by atoms with van der Waals surface area (Å²) < 4.78 is 86.1. The maximum Gasteiger partial charge on any atom is 0.864 e. The van der Waals surface area contributed by atoms with Crippen molar-refractivity contribution < 1.29 is 56.6 Å². The van der Waals surface area contributed by atoms with Crippen LogP contribution in [0.5, 0.6) is 121 Å². The van der Waals surface area contributed by atoms with Crippen LogP contribution < -0.4 is 56.6 Å². The zero-order valence-corrected chi connectivity index (χ0v) is 54.6. The average molecular weight is 1290 g/mol. The SMILES string of the molecule is CCCCc1c(OB(Oc2cc(Oc3ccccc3)c(Oc3ccccc3)c(Oc3ccccc3)c2CCCC)Oc2cc(Oc3ccccc3)c(Oc3ccccc3)c(Oc3ccccc3)c2CCCC)cc(Oc2ccccc2)c(Oc2ccccc2)c1Oc1ccccc1. The van der Waals surface area contributed by atoms with Crippen molar-refractivity contribution in [3.8, 4) is 121 Å². The summed E-state index contributed by atoms with van der Waals surface area (Å²) in [4.78, 5) is 0. The van der Waals surface area contributed by atoms with Crippen molar-refractivity contribution in [3.05, 3.63) is 308 Å². The molecule has 0 aliphatic heterocycles. The van der Waals surface area contributed by atoms with E-state index >= 15 is 0 Å². The highest BCUT2D eigenvalue weighted by molar-refractivity contribution is 6.39. The van der Waals surface area contributed by atoms with E-state index in [2.05, 4.69) is 20.8 Å². The maximum atomic E-state index is 7.63. The molecule has 486 valence electrons. The van der Waals surface area contributed by atoms with Crippen molar-refractivity contribution in [1.82, 2.24) is 0 Å². The molecule has 0 bridgehead atoms. The van der Waals surface area contributed by atoms with Crippen LogP contribution in [-0.4, -0.2) is 7.32 Å². The highest BCUT2D eigenvalue weighted by Gasteiger charge is 2.39. The highest BCUT2D eigenvalue weighted by atomic mass is 16.7. The van der Waals surface area contributed by atoms with Crippen molar-refractivity contribution in [3.63, 3.8) is 0 Å². The van der Waals surface area contributed by atoms with E-state index in [0.29, 0.717) is 159 Å². The number of para-hydroxylation sites is 9. The minimum atomic E-state index is -1.69. The molecule has 97 heavy (non-hydrogen) atoms. The number of unbranched alkanes of at least 4 members (excludes halogenated alkanes) is 3. The van der Waals surface area contributed by atoms with Gasteiger partial charge in [0, 0.05) is 34.9 Å². The molecular weight excluding hydrogens is 1210 g/mol. The molecule has 0 atom stereocenters. The lowest BCUT2D eigenvalue weighted by molar-refractivity contribution is 0.295. The van der Waals surface area contributed by atoms with E-state index in [1.807, 2.05) is 291 Å². The molecule has 0 saturated heterocycles. The van der Waals surface area contributed by atoms with Crippen LogP contribution in [0.2, 0.25) is 0 Å². The molecule has 13 heteroatoms.